The average molecular weight is 243 g/mol. The minimum Gasteiger partial charge on any atom is -0.489 e. The Bertz CT molecular complexity index is 396. The van der Waals surface area contributed by atoms with Crippen molar-refractivity contribution in [3.8, 4) is 5.75 Å². The summed E-state index contributed by atoms with van der Waals surface area (Å²) in [6.07, 6.45) is 0. The van der Waals surface area contributed by atoms with Gasteiger partial charge in [-0.2, -0.15) is 0 Å². The molecule has 0 aliphatic carbocycles. The molecule has 0 aliphatic heterocycles. The van der Waals surface area contributed by atoms with Gasteiger partial charge in [0.05, 0.1) is 6.54 Å². The molecule has 1 aromatic carbocycles. The van der Waals surface area contributed by atoms with Crippen LogP contribution in [-0.4, -0.2) is 33.2 Å². The molecule has 0 amide bonds. The number of ether oxygens (including phenoxy) is 1. The average Bonchev–Trinajstić information content (AvgIpc) is 2.32. The molecule has 0 saturated heterocycles. The number of nitrogens with zero attached hydrogens (tertiary/aromatic N) is 1. The Labute approximate surface area is 98.7 Å². The van der Waals surface area contributed by atoms with Crippen LogP contribution in [0.4, 0.5) is 8.78 Å². The van der Waals surface area contributed by atoms with Crippen LogP contribution >= 0.6 is 0 Å². The number of nitrogens with one attached hydrogen (secondary N) is 2. The fraction of sp³-hybridized carbons (Fsp3) is 0.364. The highest BCUT2D eigenvalue weighted by Gasteiger charge is 2.04. The van der Waals surface area contributed by atoms with Gasteiger partial charge in [0.15, 0.2) is 17.5 Å². The number of benzene rings is 1. The van der Waals surface area contributed by atoms with E-state index in [1.807, 2.05) is 0 Å². The van der Waals surface area contributed by atoms with Crippen LogP contribution in [0.5, 0.6) is 5.75 Å². The minimum atomic E-state index is -0.706. The van der Waals surface area contributed by atoms with Crippen molar-refractivity contribution in [2.45, 2.75) is 0 Å². The zero-order valence-corrected chi connectivity index (χ0v) is 9.76. The third kappa shape index (κ3) is 4.26. The Morgan fingerprint density at radius 1 is 1.41 bits per heavy atom. The number of guanidine groups is 1. The summed E-state index contributed by atoms with van der Waals surface area (Å²) in [5, 5.41) is 5.77. The largest absolute Gasteiger partial charge is 0.489 e. The summed E-state index contributed by atoms with van der Waals surface area (Å²) in [5.74, 6) is -0.674. The highest BCUT2D eigenvalue weighted by atomic mass is 19.1. The molecule has 0 spiro atoms. The molecule has 1 rings (SSSR count). The second-order valence-electron chi connectivity index (χ2n) is 3.17. The van der Waals surface area contributed by atoms with Crippen LogP contribution in [0.15, 0.2) is 23.2 Å². The normalized spacial score (nSPS) is 11.2. The van der Waals surface area contributed by atoms with Crippen LogP contribution in [0, 0.1) is 11.6 Å². The van der Waals surface area contributed by atoms with Gasteiger partial charge in [-0.25, -0.2) is 8.78 Å². The molecule has 94 valence electrons. The van der Waals surface area contributed by atoms with Gasteiger partial charge in [0.25, 0.3) is 0 Å². The van der Waals surface area contributed by atoms with E-state index in [9.17, 15) is 8.78 Å². The molecule has 17 heavy (non-hydrogen) atoms. The summed E-state index contributed by atoms with van der Waals surface area (Å²) in [6.45, 7) is 0.716. The molecule has 0 fully saturated rings. The zero-order chi connectivity index (χ0) is 12.7. The number of aliphatic imine (C=N–C) groups is 1. The zero-order valence-electron chi connectivity index (χ0n) is 9.76. The van der Waals surface area contributed by atoms with Gasteiger partial charge in [-0.3, -0.25) is 4.99 Å². The van der Waals surface area contributed by atoms with Gasteiger partial charge < -0.3 is 15.4 Å². The highest BCUT2D eigenvalue weighted by molar-refractivity contribution is 5.79. The van der Waals surface area contributed by atoms with Crippen LogP contribution in [0.2, 0.25) is 0 Å². The number of halogens is 2. The second kappa shape index (κ2) is 6.67. The monoisotopic (exact) mass is 243 g/mol. The van der Waals surface area contributed by atoms with Gasteiger partial charge in [0.1, 0.15) is 12.4 Å². The lowest BCUT2D eigenvalue weighted by Gasteiger charge is -2.10. The first-order valence-corrected chi connectivity index (χ1v) is 5.13. The molecule has 2 N–H and O–H groups in total. The molecule has 0 aromatic heterocycles. The van der Waals surface area contributed by atoms with Crippen molar-refractivity contribution in [1.29, 1.82) is 0 Å². The lowest BCUT2D eigenvalue weighted by atomic mass is 10.3. The predicted molar refractivity (Wildman–Crippen MR) is 62.3 cm³/mol. The molecule has 1 aromatic rings. The van der Waals surface area contributed by atoms with Gasteiger partial charge in [0, 0.05) is 20.2 Å². The predicted octanol–water partition coefficient (Wildman–Crippen LogP) is 1.14. The van der Waals surface area contributed by atoms with E-state index < -0.39 is 11.6 Å². The first-order chi connectivity index (χ1) is 8.17. The number of rotatable bonds is 4. The molecule has 0 unspecified atom stereocenters. The van der Waals surface area contributed by atoms with E-state index in [2.05, 4.69) is 15.6 Å². The van der Waals surface area contributed by atoms with Gasteiger partial charge in [-0.1, -0.05) is 0 Å². The maximum absolute atomic E-state index is 13.1. The molecule has 0 radical (unpaired) electrons. The third-order valence-electron chi connectivity index (χ3n) is 2.01. The molecule has 0 aliphatic rings. The Morgan fingerprint density at radius 2 is 2.18 bits per heavy atom. The van der Waals surface area contributed by atoms with E-state index in [0.29, 0.717) is 12.5 Å². The third-order valence-corrected chi connectivity index (χ3v) is 2.01. The van der Waals surface area contributed by atoms with E-state index in [4.69, 9.17) is 4.74 Å². The maximum atomic E-state index is 13.1. The minimum absolute atomic E-state index is 0.0349. The number of hydrogen-bond acceptors (Lipinski definition) is 2. The fourth-order valence-electron chi connectivity index (χ4n) is 1.20. The molecule has 4 nitrogen and oxygen atoms in total. The molecule has 0 bridgehead atoms. The molecule has 0 atom stereocenters. The van der Waals surface area contributed by atoms with E-state index in [1.165, 1.54) is 6.07 Å². The SMILES string of the molecule is CN=C(NC)NCCOc1ccc(F)cc1F. The lowest BCUT2D eigenvalue weighted by Crippen LogP contribution is -2.37. The molecule has 0 heterocycles. The molecular weight excluding hydrogens is 228 g/mol. The summed E-state index contributed by atoms with van der Waals surface area (Å²) in [7, 11) is 3.37. The van der Waals surface area contributed by atoms with Gasteiger partial charge in [0.2, 0.25) is 0 Å². The van der Waals surface area contributed by atoms with Crippen LogP contribution < -0.4 is 15.4 Å². The van der Waals surface area contributed by atoms with Gasteiger partial charge in [-0.05, 0) is 12.1 Å². The lowest BCUT2D eigenvalue weighted by molar-refractivity contribution is 0.304. The van der Waals surface area contributed by atoms with E-state index in [-0.39, 0.29) is 12.4 Å². The van der Waals surface area contributed by atoms with Gasteiger partial charge >= 0.3 is 0 Å². The Morgan fingerprint density at radius 3 is 2.76 bits per heavy atom. The Balaban J connectivity index is 2.36. The fourth-order valence-corrected chi connectivity index (χ4v) is 1.20. The van der Waals surface area contributed by atoms with Crippen LogP contribution in [0.1, 0.15) is 0 Å². The van der Waals surface area contributed by atoms with Crippen LogP contribution in [0.25, 0.3) is 0 Å². The topological polar surface area (TPSA) is 45.7 Å². The van der Waals surface area contributed by atoms with Crippen molar-refractivity contribution < 1.29 is 13.5 Å². The first kappa shape index (κ1) is 13.2. The molecule has 0 saturated carbocycles. The van der Waals surface area contributed by atoms with Crippen molar-refractivity contribution in [2.24, 2.45) is 4.99 Å². The van der Waals surface area contributed by atoms with E-state index >= 15 is 0 Å². The van der Waals surface area contributed by atoms with Crippen molar-refractivity contribution in [3.63, 3.8) is 0 Å². The summed E-state index contributed by atoms with van der Waals surface area (Å²) in [4.78, 5) is 3.90. The Hall–Kier alpha value is -1.85. The van der Waals surface area contributed by atoms with E-state index in [0.717, 1.165) is 12.1 Å². The van der Waals surface area contributed by atoms with Gasteiger partial charge in [-0.15, -0.1) is 0 Å². The summed E-state index contributed by atoms with van der Waals surface area (Å²) in [6, 6.07) is 3.20. The van der Waals surface area contributed by atoms with Crippen LogP contribution in [-0.2, 0) is 0 Å². The van der Waals surface area contributed by atoms with Crippen LogP contribution in [0.3, 0.4) is 0 Å². The summed E-state index contributed by atoms with van der Waals surface area (Å²) < 4.78 is 30.9. The van der Waals surface area contributed by atoms with Crippen molar-refractivity contribution >= 4 is 5.96 Å². The Kier molecular flexibility index (Phi) is 5.19. The summed E-state index contributed by atoms with van der Waals surface area (Å²) >= 11 is 0. The molecule has 6 heteroatoms. The molecular formula is C11H15F2N3O. The quantitative estimate of drug-likeness (QED) is 0.473. The summed E-state index contributed by atoms with van der Waals surface area (Å²) in [5.41, 5.74) is 0. The second-order valence-corrected chi connectivity index (χ2v) is 3.17. The smallest absolute Gasteiger partial charge is 0.190 e. The first-order valence-electron chi connectivity index (χ1n) is 5.13. The van der Waals surface area contributed by atoms with Crippen molar-refractivity contribution in [1.82, 2.24) is 10.6 Å². The van der Waals surface area contributed by atoms with Crippen molar-refractivity contribution in [3.05, 3.63) is 29.8 Å². The standard InChI is InChI=1S/C11H15F2N3O/c1-14-11(15-2)16-5-6-17-10-4-3-8(12)7-9(10)13/h3-4,7H,5-6H2,1-2H3,(H2,14,15,16). The highest BCUT2D eigenvalue weighted by Crippen LogP contribution is 2.17. The number of hydrogen-bond donors (Lipinski definition) is 2. The van der Waals surface area contributed by atoms with E-state index in [1.54, 1.807) is 14.1 Å². The maximum Gasteiger partial charge on any atom is 0.190 e. The van der Waals surface area contributed by atoms with Crippen molar-refractivity contribution in [2.75, 3.05) is 27.2 Å².